The predicted molar refractivity (Wildman–Crippen MR) is 38.0 cm³/mol. The van der Waals surface area contributed by atoms with E-state index < -0.39 is 0 Å². The molecule has 0 rings (SSSR count). The maximum Gasteiger partial charge on any atom is 0.220 e. The third-order valence-corrected chi connectivity index (χ3v) is 1.19. The highest BCUT2D eigenvalue weighted by Gasteiger charge is 2.01. The Morgan fingerprint density at radius 2 is 2.44 bits per heavy atom. The molecule has 0 radical (unpaired) electrons. The van der Waals surface area contributed by atoms with E-state index in [9.17, 15) is 4.79 Å². The number of rotatable bonds is 3. The Morgan fingerprint density at radius 3 is 2.78 bits per heavy atom. The lowest BCUT2D eigenvalue weighted by Crippen LogP contribution is -2.19. The van der Waals surface area contributed by atoms with Crippen LogP contribution in [0.3, 0.4) is 0 Å². The van der Waals surface area contributed by atoms with E-state index in [0.717, 1.165) is 0 Å². The number of hydrogen-bond donors (Lipinski definition) is 1. The largest absolute Gasteiger partial charge is 0.359 e. The van der Waals surface area contributed by atoms with Crippen LogP contribution in [0.25, 0.3) is 0 Å². The van der Waals surface area contributed by atoms with Crippen molar-refractivity contribution in [3.8, 4) is 0 Å². The van der Waals surface area contributed by atoms with E-state index in [-0.39, 0.29) is 11.8 Å². The molecule has 2 nitrogen and oxygen atoms in total. The Hall–Kier alpha value is -0.790. The Morgan fingerprint density at radius 1 is 1.89 bits per heavy atom. The van der Waals surface area contributed by atoms with Gasteiger partial charge in [-0.25, -0.2) is 0 Å². The number of carbonyl (C=O) groups is 1. The van der Waals surface area contributed by atoms with Crippen LogP contribution >= 0.6 is 0 Å². The molecule has 1 N–H and O–H groups in total. The highest BCUT2D eigenvalue weighted by atomic mass is 16.1. The van der Waals surface area contributed by atoms with Crippen molar-refractivity contribution in [3.05, 3.63) is 12.7 Å². The summed E-state index contributed by atoms with van der Waals surface area (Å²) in [6.45, 7) is 5.53. The molecule has 2 heteroatoms. The number of allylic oxidation sites excluding steroid dienone is 1. The summed E-state index contributed by atoms with van der Waals surface area (Å²) in [7, 11) is 1.64. The number of hydrogen-bond acceptors (Lipinski definition) is 1. The zero-order valence-corrected chi connectivity index (χ0v) is 5.98. The van der Waals surface area contributed by atoms with Gasteiger partial charge in [-0.05, 0) is 5.92 Å². The van der Waals surface area contributed by atoms with Crippen LogP contribution in [-0.2, 0) is 4.79 Å². The van der Waals surface area contributed by atoms with Crippen molar-refractivity contribution in [2.75, 3.05) is 7.05 Å². The van der Waals surface area contributed by atoms with Crippen LogP contribution in [0.5, 0.6) is 0 Å². The minimum absolute atomic E-state index is 0.0717. The third kappa shape index (κ3) is 3.76. The zero-order chi connectivity index (χ0) is 7.28. The van der Waals surface area contributed by atoms with Crippen LogP contribution in [0.2, 0.25) is 0 Å². The fourth-order valence-electron chi connectivity index (χ4n) is 0.478. The lowest BCUT2D eigenvalue weighted by molar-refractivity contribution is -0.121. The molecule has 0 aliphatic rings. The van der Waals surface area contributed by atoms with Gasteiger partial charge in [0.05, 0.1) is 0 Å². The summed E-state index contributed by atoms with van der Waals surface area (Å²) >= 11 is 0. The van der Waals surface area contributed by atoms with Gasteiger partial charge in [-0.2, -0.15) is 0 Å². The molecule has 52 valence electrons. The Balaban J connectivity index is 3.46. The fourth-order valence-corrected chi connectivity index (χ4v) is 0.478. The quantitative estimate of drug-likeness (QED) is 0.562. The van der Waals surface area contributed by atoms with Crippen LogP contribution in [0.15, 0.2) is 12.7 Å². The normalized spacial score (nSPS) is 12.2. The van der Waals surface area contributed by atoms with E-state index in [1.165, 1.54) is 0 Å². The molecule has 0 saturated heterocycles. The van der Waals surface area contributed by atoms with Crippen LogP contribution < -0.4 is 5.32 Å². The standard InChI is InChI=1S/C7H13NO/c1-4-6(2)5-7(9)8-3/h4,6H,1,5H2,2-3H3,(H,8,9). The SMILES string of the molecule is C=CC(C)CC(=O)NC. The maximum absolute atomic E-state index is 10.6. The van der Waals surface area contributed by atoms with E-state index in [0.29, 0.717) is 6.42 Å². The third-order valence-electron chi connectivity index (χ3n) is 1.19. The van der Waals surface area contributed by atoms with Crippen LogP contribution in [0.1, 0.15) is 13.3 Å². The summed E-state index contributed by atoms with van der Waals surface area (Å²) in [5.41, 5.74) is 0. The molecule has 0 heterocycles. The summed E-state index contributed by atoms with van der Waals surface area (Å²) in [4.78, 5) is 10.6. The topological polar surface area (TPSA) is 29.1 Å². The molecule has 0 aromatic heterocycles. The van der Waals surface area contributed by atoms with Crippen molar-refractivity contribution < 1.29 is 4.79 Å². The molecule has 1 amide bonds. The van der Waals surface area contributed by atoms with Gasteiger partial charge in [-0.1, -0.05) is 13.0 Å². The number of amides is 1. The molecule has 0 bridgehead atoms. The Labute approximate surface area is 56.0 Å². The number of nitrogens with one attached hydrogen (secondary N) is 1. The molecule has 0 aliphatic carbocycles. The van der Waals surface area contributed by atoms with E-state index in [1.807, 2.05) is 6.92 Å². The van der Waals surface area contributed by atoms with E-state index in [4.69, 9.17) is 0 Å². The monoisotopic (exact) mass is 127 g/mol. The summed E-state index contributed by atoms with van der Waals surface area (Å²) in [6.07, 6.45) is 2.31. The Kier molecular flexibility index (Phi) is 3.76. The lowest BCUT2D eigenvalue weighted by atomic mass is 10.1. The molecule has 0 aromatic rings. The second kappa shape index (κ2) is 4.13. The van der Waals surface area contributed by atoms with Gasteiger partial charge in [0.15, 0.2) is 0 Å². The average molecular weight is 127 g/mol. The summed E-state index contributed by atoms with van der Waals surface area (Å²) in [5, 5.41) is 2.54. The second-order valence-corrected chi connectivity index (χ2v) is 2.09. The van der Waals surface area contributed by atoms with E-state index in [2.05, 4.69) is 11.9 Å². The first-order valence-electron chi connectivity index (χ1n) is 3.03. The minimum atomic E-state index is 0.0717. The highest BCUT2D eigenvalue weighted by molar-refractivity contribution is 5.75. The lowest BCUT2D eigenvalue weighted by Gasteiger charge is -2.01. The minimum Gasteiger partial charge on any atom is -0.359 e. The van der Waals surface area contributed by atoms with Gasteiger partial charge < -0.3 is 5.32 Å². The van der Waals surface area contributed by atoms with E-state index in [1.54, 1.807) is 13.1 Å². The zero-order valence-electron chi connectivity index (χ0n) is 5.98. The van der Waals surface area contributed by atoms with Gasteiger partial charge >= 0.3 is 0 Å². The molecule has 1 unspecified atom stereocenters. The van der Waals surface area contributed by atoms with Crippen LogP contribution in [0.4, 0.5) is 0 Å². The fraction of sp³-hybridized carbons (Fsp3) is 0.571. The first-order valence-corrected chi connectivity index (χ1v) is 3.03. The van der Waals surface area contributed by atoms with Gasteiger partial charge in [0, 0.05) is 13.5 Å². The molecule has 0 spiro atoms. The molecule has 0 fully saturated rings. The second-order valence-electron chi connectivity index (χ2n) is 2.09. The molecular formula is C7H13NO. The molecular weight excluding hydrogens is 114 g/mol. The van der Waals surface area contributed by atoms with Crippen molar-refractivity contribution in [2.45, 2.75) is 13.3 Å². The van der Waals surface area contributed by atoms with Crippen molar-refractivity contribution in [2.24, 2.45) is 5.92 Å². The molecule has 9 heavy (non-hydrogen) atoms. The van der Waals surface area contributed by atoms with Crippen LogP contribution in [0, 0.1) is 5.92 Å². The van der Waals surface area contributed by atoms with Gasteiger partial charge in [0.1, 0.15) is 0 Å². The van der Waals surface area contributed by atoms with Gasteiger partial charge in [-0.15, -0.1) is 6.58 Å². The Bertz CT molecular complexity index is 109. The van der Waals surface area contributed by atoms with Gasteiger partial charge in [0.2, 0.25) is 5.91 Å². The first kappa shape index (κ1) is 8.21. The predicted octanol–water partition coefficient (Wildman–Crippen LogP) is 0.945. The van der Waals surface area contributed by atoms with Crippen molar-refractivity contribution in [1.82, 2.24) is 5.32 Å². The van der Waals surface area contributed by atoms with E-state index >= 15 is 0 Å². The maximum atomic E-state index is 10.6. The molecule has 1 atom stereocenters. The van der Waals surface area contributed by atoms with Crippen molar-refractivity contribution in [1.29, 1.82) is 0 Å². The number of carbonyl (C=O) groups excluding carboxylic acids is 1. The molecule has 0 aromatic carbocycles. The average Bonchev–Trinajstić information content (AvgIpc) is 1.87. The summed E-state index contributed by atoms with van der Waals surface area (Å²) < 4.78 is 0. The van der Waals surface area contributed by atoms with Gasteiger partial charge in [-0.3, -0.25) is 4.79 Å². The summed E-state index contributed by atoms with van der Waals surface area (Å²) in [6, 6.07) is 0. The smallest absolute Gasteiger partial charge is 0.220 e. The summed E-state index contributed by atoms with van der Waals surface area (Å²) in [5.74, 6) is 0.354. The highest BCUT2D eigenvalue weighted by Crippen LogP contribution is 2.00. The molecule has 0 saturated carbocycles. The van der Waals surface area contributed by atoms with Crippen LogP contribution in [-0.4, -0.2) is 13.0 Å². The van der Waals surface area contributed by atoms with Crippen molar-refractivity contribution >= 4 is 5.91 Å². The van der Waals surface area contributed by atoms with Gasteiger partial charge in [0.25, 0.3) is 0 Å². The first-order chi connectivity index (χ1) is 4.20. The molecule has 0 aliphatic heterocycles. The van der Waals surface area contributed by atoms with Crippen molar-refractivity contribution in [3.63, 3.8) is 0 Å².